The van der Waals surface area contributed by atoms with E-state index in [9.17, 15) is 4.79 Å². The zero-order valence-electron chi connectivity index (χ0n) is 12.8. The van der Waals surface area contributed by atoms with Crippen molar-refractivity contribution in [2.45, 2.75) is 27.3 Å². The van der Waals surface area contributed by atoms with E-state index in [4.69, 9.17) is 0 Å². The zero-order chi connectivity index (χ0) is 15.4. The molecule has 2 N–H and O–H groups in total. The number of carbonyl (C=O) groups excluding carboxylic acids is 1. The van der Waals surface area contributed by atoms with Crippen LogP contribution in [-0.2, 0) is 13.6 Å². The van der Waals surface area contributed by atoms with Crippen LogP contribution >= 0.6 is 0 Å². The van der Waals surface area contributed by atoms with Crippen molar-refractivity contribution < 1.29 is 4.79 Å². The standard InChI is InChI=1S/C14H20N6O/c1-5-15-14(21)12-6-7-13(18-17-12)16-8-11-9(2)19-20(4)10(11)3/h6-7H,5,8H2,1-4H3,(H,15,21)(H,16,18). The molecular weight excluding hydrogens is 268 g/mol. The Morgan fingerprint density at radius 3 is 2.57 bits per heavy atom. The molecule has 0 aliphatic heterocycles. The molecule has 0 bridgehead atoms. The fraction of sp³-hybridized carbons (Fsp3) is 0.429. The van der Waals surface area contributed by atoms with E-state index in [1.165, 1.54) is 0 Å². The minimum atomic E-state index is -0.213. The minimum Gasteiger partial charge on any atom is -0.364 e. The molecule has 1 amide bonds. The molecule has 0 unspecified atom stereocenters. The summed E-state index contributed by atoms with van der Waals surface area (Å²) in [6.07, 6.45) is 0. The molecule has 21 heavy (non-hydrogen) atoms. The fourth-order valence-electron chi connectivity index (χ4n) is 2.05. The van der Waals surface area contributed by atoms with E-state index < -0.39 is 0 Å². The lowest BCUT2D eigenvalue weighted by molar-refractivity contribution is 0.0950. The lowest BCUT2D eigenvalue weighted by atomic mass is 10.2. The van der Waals surface area contributed by atoms with Crippen molar-refractivity contribution in [3.63, 3.8) is 0 Å². The van der Waals surface area contributed by atoms with Crippen LogP contribution in [-0.4, -0.2) is 32.4 Å². The number of aromatic nitrogens is 4. The lowest BCUT2D eigenvalue weighted by Crippen LogP contribution is -2.24. The van der Waals surface area contributed by atoms with E-state index in [1.54, 1.807) is 12.1 Å². The monoisotopic (exact) mass is 288 g/mol. The molecular formula is C14H20N6O. The third-order valence-corrected chi connectivity index (χ3v) is 3.34. The summed E-state index contributed by atoms with van der Waals surface area (Å²) in [5.74, 6) is 0.418. The summed E-state index contributed by atoms with van der Waals surface area (Å²) >= 11 is 0. The summed E-state index contributed by atoms with van der Waals surface area (Å²) in [5.41, 5.74) is 3.57. The van der Waals surface area contributed by atoms with Crippen molar-refractivity contribution in [1.82, 2.24) is 25.3 Å². The Bertz CT molecular complexity index is 632. The number of nitrogens with zero attached hydrogens (tertiary/aromatic N) is 4. The minimum absolute atomic E-state index is 0.213. The Morgan fingerprint density at radius 1 is 1.29 bits per heavy atom. The number of anilines is 1. The molecule has 0 fully saturated rings. The van der Waals surface area contributed by atoms with Gasteiger partial charge in [0.05, 0.1) is 5.69 Å². The van der Waals surface area contributed by atoms with Crippen LogP contribution in [0.1, 0.15) is 34.4 Å². The molecule has 2 aromatic rings. The van der Waals surface area contributed by atoms with Gasteiger partial charge in [0.25, 0.3) is 5.91 Å². The van der Waals surface area contributed by atoms with Crippen LogP contribution in [0, 0.1) is 13.8 Å². The summed E-state index contributed by atoms with van der Waals surface area (Å²) in [6.45, 7) is 7.06. The van der Waals surface area contributed by atoms with Gasteiger partial charge in [0.2, 0.25) is 0 Å². The number of amides is 1. The first kappa shape index (κ1) is 15.0. The van der Waals surface area contributed by atoms with Crippen LogP contribution in [0.2, 0.25) is 0 Å². The number of aryl methyl sites for hydroxylation is 2. The fourth-order valence-corrected chi connectivity index (χ4v) is 2.05. The van der Waals surface area contributed by atoms with Crippen molar-refractivity contribution in [2.75, 3.05) is 11.9 Å². The summed E-state index contributed by atoms with van der Waals surface area (Å²) in [5, 5.41) is 18.2. The number of nitrogens with one attached hydrogen (secondary N) is 2. The summed E-state index contributed by atoms with van der Waals surface area (Å²) in [7, 11) is 1.92. The highest BCUT2D eigenvalue weighted by Gasteiger charge is 2.10. The topological polar surface area (TPSA) is 84.7 Å². The quantitative estimate of drug-likeness (QED) is 0.863. The van der Waals surface area contributed by atoms with E-state index in [-0.39, 0.29) is 5.91 Å². The molecule has 0 saturated heterocycles. The average Bonchev–Trinajstić information content (AvgIpc) is 2.71. The van der Waals surface area contributed by atoms with Crippen LogP contribution in [0.5, 0.6) is 0 Å². The smallest absolute Gasteiger partial charge is 0.271 e. The van der Waals surface area contributed by atoms with E-state index >= 15 is 0 Å². The van der Waals surface area contributed by atoms with Gasteiger partial charge in [-0.2, -0.15) is 5.10 Å². The summed E-state index contributed by atoms with van der Waals surface area (Å²) in [6, 6.07) is 3.40. The third kappa shape index (κ3) is 3.36. The number of carbonyl (C=O) groups is 1. The van der Waals surface area contributed by atoms with Crippen LogP contribution < -0.4 is 10.6 Å². The number of hydrogen-bond acceptors (Lipinski definition) is 5. The Hall–Kier alpha value is -2.44. The first-order valence-electron chi connectivity index (χ1n) is 6.87. The molecule has 2 heterocycles. The molecule has 0 radical (unpaired) electrons. The Kier molecular flexibility index (Phi) is 4.52. The van der Waals surface area contributed by atoms with Gasteiger partial charge >= 0.3 is 0 Å². The first-order chi connectivity index (χ1) is 10.0. The molecule has 0 saturated carbocycles. The molecule has 7 heteroatoms. The maximum atomic E-state index is 11.6. The predicted molar refractivity (Wildman–Crippen MR) is 80.0 cm³/mol. The highest BCUT2D eigenvalue weighted by molar-refractivity contribution is 5.92. The van der Waals surface area contributed by atoms with Crippen LogP contribution in [0.3, 0.4) is 0 Å². The van der Waals surface area contributed by atoms with Gasteiger partial charge in [-0.15, -0.1) is 10.2 Å². The SMILES string of the molecule is CCNC(=O)c1ccc(NCc2c(C)nn(C)c2C)nn1. The molecule has 0 aliphatic rings. The lowest BCUT2D eigenvalue weighted by Gasteiger charge is -2.06. The maximum absolute atomic E-state index is 11.6. The largest absolute Gasteiger partial charge is 0.364 e. The van der Waals surface area contributed by atoms with Gasteiger partial charge in [-0.1, -0.05) is 0 Å². The van der Waals surface area contributed by atoms with Crippen molar-refractivity contribution in [2.24, 2.45) is 7.05 Å². The zero-order valence-corrected chi connectivity index (χ0v) is 12.8. The van der Waals surface area contributed by atoms with E-state index in [0.717, 1.165) is 17.0 Å². The van der Waals surface area contributed by atoms with Gasteiger partial charge in [0.1, 0.15) is 5.82 Å². The molecule has 2 rings (SSSR count). The van der Waals surface area contributed by atoms with Gasteiger partial charge in [-0.25, -0.2) is 0 Å². The van der Waals surface area contributed by atoms with Crippen LogP contribution in [0.15, 0.2) is 12.1 Å². The van der Waals surface area contributed by atoms with Crippen molar-refractivity contribution >= 4 is 11.7 Å². The Labute approximate surface area is 123 Å². The second-order valence-corrected chi connectivity index (χ2v) is 4.79. The number of rotatable bonds is 5. The van der Waals surface area contributed by atoms with Gasteiger partial charge in [0, 0.05) is 31.4 Å². The van der Waals surface area contributed by atoms with E-state index in [1.807, 2.05) is 32.5 Å². The van der Waals surface area contributed by atoms with Gasteiger partial charge in [0.15, 0.2) is 5.69 Å². The second kappa shape index (κ2) is 6.34. The van der Waals surface area contributed by atoms with Crippen LogP contribution in [0.25, 0.3) is 0 Å². The van der Waals surface area contributed by atoms with Crippen molar-refractivity contribution in [3.8, 4) is 0 Å². The molecule has 0 spiro atoms. The van der Waals surface area contributed by atoms with Crippen molar-refractivity contribution in [3.05, 3.63) is 34.8 Å². The normalized spacial score (nSPS) is 10.5. The first-order valence-corrected chi connectivity index (χ1v) is 6.87. The van der Waals surface area contributed by atoms with Crippen LogP contribution in [0.4, 0.5) is 5.82 Å². The predicted octanol–water partition coefficient (Wildman–Crippen LogP) is 1.19. The Morgan fingerprint density at radius 2 is 2.05 bits per heavy atom. The molecule has 0 atom stereocenters. The summed E-state index contributed by atoms with van der Waals surface area (Å²) in [4.78, 5) is 11.6. The molecule has 0 aromatic carbocycles. The average molecular weight is 288 g/mol. The Balaban J connectivity index is 2.02. The van der Waals surface area contributed by atoms with Gasteiger partial charge in [-0.3, -0.25) is 9.48 Å². The van der Waals surface area contributed by atoms with E-state index in [2.05, 4.69) is 25.9 Å². The highest BCUT2D eigenvalue weighted by atomic mass is 16.1. The van der Waals surface area contributed by atoms with Crippen molar-refractivity contribution in [1.29, 1.82) is 0 Å². The van der Waals surface area contributed by atoms with Gasteiger partial charge < -0.3 is 10.6 Å². The molecule has 0 aliphatic carbocycles. The molecule has 2 aromatic heterocycles. The van der Waals surface area contributed by atoms with Gasteiger partial charge in [-0.05, 0) is 32.9 Å². The second-order valence-electron chi connectivity index (χ2n) is 4.79. The summed E-state index contributed by atoms with van der Waals surface area (Å²) < 4.78 is 1.86. The van der Waals surface area contributed by atoms with E-state index in [0.29, 0.717) is 24.6 Å². The molecule has 112 valence electrons. The maximum Gasteiger partial charge on any atom is 0.271 e. The molecule has 7 nitrogen and oxygen atoms in total. The number of hydrogen-bond donors (Lipinski definition) is 2. The third-order valence-electron chi connectivity index (χ3n) is 3.34. The highest BCUT2D eigenvalue weighted by Crippen LogP contribution is 2.13.